The molecule has 0 saturated heterocycles. The Kier molecular flexibility index (Phi) is 5.01. The summed E-state index contributed by atoms with van der Waals surface area (Å²) in [6.07, 6.45) is 2.75. The first-order chi connectivity index (χ1) is 14.2. The predicted octanol–water partition coefficient (Wildman–Crippen LogP) is 2.62. The van der Waals surface area contributed by atoms with Crippen LogP contribution in [0.5, 0.6) is 0 Å². The molecular formula is C22H16O8. The second-order valence-corrected chi connectivity index (χ2v) is 6.66. The normalized spacial score (nSPS) is 16.3. The number of hydrogen-bond donors (Lipinski definition) is 4. The molecule has 4 N–H and O–H groups in total. The number of rotatable bonds is 6. The number of carboxylic acids is 4. The average molecular weight is 408 g/mol. The molecule has 0 spiro atoms. The molecule has 3 rings (SSSR count). The van der Waals surface area contributed by atoms with Crippen LogP contribution < -0.4 is 0 Å². The van der Waals surface area contributed by atoms with Crippen molar-refractivity contribution in [1.82, 2.24) is 0 Å². The molecule has 8 heteroatoms. The summed E-state index contributed by atoms with van der Waals surface area (Å²) in [7, 11) is 0. The van der Waals surface area contributed by atoms with Gasteiger partial charge in [0, 0.05) is 0 Å². The van der Waals surface area contributed by atoms with Crippen molar-refractivity contribution in [3.8, 4) is 11.1 Å². The molecule has 0 heterocycles. The van der Waals surface area contributed by atoms with Crippen LogP contribution in [0, 0.1) is 10.8 Å². The molecule has 0 aliphatic heterocycles. The Morgan fingerprint density at radius 2 is 1.07 bits per heavy atom. The van der Waals surface area contributed by atoms with Gasteiger partial charge in [-0.25, -0.2) is 0 Å². The zero-order valence-electron chi connectivity index (χ0n) is 15.4. The Hall–Kier alpha value is -4.20. The van der Waals surface area contributed by atoms with Crippen LogP contribution in [0.15, 0.2) is 72.8 Å². The first-order valence-electron chi connectivity index (χ1n) is 8.69. The highest BCUT2D eigenvalue weighted by Crippen LogP contribution is 2.53. The maximum absolute atomic E-state index is 12.2. The lowest BCUT2D eigenvalue weighted by Gasteiger charge is -2.40. The van der Waals surface area contributed by atoms with Crippen LogP contribution in [0.25, 0.3) is 16.7 Å². The van der Waals surface area contributed by atoms with E-state index in [2.05, 4.69) is 0 Å². The summed E-state index contributed by atoms with van der Waals surface area (Å²) in [5.41, 5.74) is -5.29. The first kappa shape index (κ1) is 20.5. The van der Waals surface area contributed by atoms with Gasteiger partial charge < -0.3 is 20.4 Å². The van der Waals surface area contributed by atoms with Gasteiger partial charge in [0.1, 0.15) is 0 Å². The highest BCUT2D eigenvalue weighted by Gasteiger charge is 2.73. The van der Waals surface area contributed by atoms with Gasteiger partial charge in [-0.05, 0) is 22.3 Å². The Morgan fingerprint density at radius 1 is 0.600 bits per heavy atom. The summed E-state index contributed by atoms with van der Waals surface area (Å²) < 4.78 is 0. The average Bonchev–Trinajstić information content (AvgIpc) is 2.72. The fourth-order valence-corrected chi connectivity index (χ4v) is 3.75. The third-order valence-electron chi connectivity index (χ3n) is 5.22. The third kappa shape index (κ3) is 2.69. The fourth-order valence-electron chi connectivity index (χ4n) is 3.75. The van der Waals surface area contributed by atoms with Gasteiger partial charge in [0.25, 0.3) is 0 Å². The van der Waals surface area contributed by atoms with Gasteiger partial charge in [-0.3, -0.25) is 19.2 Å². The van der Waals surface area contributed by atoms with E-state index >= 15 is 0 Å². The summed E-state index contributed by atoms with van der Waals surface area (Å²) >= 11 is 0. The van der Waals surface area contributed by atoms with E-state index in [1.807, 2.05) is 30.3 Å². The van der Waals surface area contributed by atoms with Crippen molar-refractivity contribution in [3.63, 3.8) is 0 Å². The molecule has 30 heavy (non-hydrogen) atoms. The maximum atomic E-state index is 12.2. The van der Waals surface area contributed by atoms with E-state index in [0.29, 0.717) is 6.08 Å². The molecule has 0 aromatic heterocycles. The number of carbonyl (C=O) groups is 4. The summed E-state index contributed by atoms with van der Waals surface area (Å²) in [6.45, 7) is 0. The SMILES string of the molecule is O=C(O)C1(C(=O)O)C=CC=C(c2ccc(-c3ccccc3)cc2)C1(C(=O)O)C(=O)O. The number of hydrogen-bond acceptors (Lipinski definition) is 4. The second-order valence-electron chi connectivity index (χ2n) is 6.66. The molecule has 0 unspecified atom stereocenters. The van der Waals surface area contributed by atoms with Crippen molar-refractivity contribution in [3.05, 3.63) is 78.4 Å². The van der Waals surface area contributed by atoms with Gasteiger partial charge >= 0.3 is 23.9 Å². The zero-order chi connectivity index (χ0) is 22.1. The molecule has 1 aliphatic rings. The summed E-state index contributed by atoms with van der Waals surface area (Å²) in [6, 6.07) is 15.3. The lowest BCUT2D eigenvalue weighted by Crippen LogP contribution is -2.61. The van der Waals surface area contributed by atoms with Crippen LogP contribution in [0.3, 0.4) is 0 Å². The standard InChI is InChI=1S/C22H16O8/c23-17(24)21(18(25)26)12-4-7-16(22(21,19(27)28)20(29)30)15-10-8-14(9-11-15)13-5-2-1-3-6-13/h1-12H,(H,23,24)(H,25,26)(H,27,28)(H,29,30). The van der Waals surface area contributed by atoms with Gasteiger partial charge in [-0.15, -0.1) is 0 Å². The minimum atomic E-state index is -3.28. The number of aliphatic carboxylic acids is 4. The van der Waals surface area contributed by atoms with Gasteiger partial charge in [0.2, 0.25) is 10.8 Å². The largest absolute Gasteiger partial charge is 0.480 e. The van der Waals surface area contributed by atoms with E-state index in [1.54, 1.807) is 12.1 Å². The molecule has 1 aliphatic carbocycles. The summed E-state index contributed by atoms with van der Waals surface area (Å²) in [5.74, 6) is -8.38. The minimum absolute atomic E-state index is 0.0794. The van der Waals surface area contributed by atoms with E-state index in [-0.39, 0.29) is 5.56 Å². The molecule has 2 aromatic rings. The van der Waals surface area contributed by atoms with Gasteiger partial charge in [-0.1, -0.05) is 72.8 Å². The molecule has 0 amide bonds. The topological polar surface area (TPSA) is 149 Å². The lowest BCUT2D eigenvalue weighted by molar-refractivity contribution is -0.184. The van der Waals surface area contributed by atoms with Crippen molar-refractivity contribution in [2.45, 2.75) is 0 Å². The minimum Gasteiger partial charge on any atom is -0.480 e. The van der Waals surface area contributed by atoms with Crippen molar-refractivity contribution in [2.24, 2.45) is 10.8 Å². The van der Waals surface area contributed by atoms with E-state index in [4.69, 9.17) is 0 Å². The number of benzene rings is 2. The molecule has 2 aromatic carbocycles. The van der Waals surface area contributed by atoms with E-state index in [1.165, 1.54) is 12.1 Å². The fraction of sp³-hybridized carbons (Fsp3) is 0.0909. The molecule has 0 bridgehead atoms. The monoisotopic (exact) mass is 408 g/mol. The highest BCUT2D eigenvalue weighted by molar-refractivity contribution is 6.22. The van der Waals surface area contributed by atoms with Gasteiger partial charge in [0.15, 0.2) is 0 Å². The predicted molar refractivity (Wildman–Crippen MR) is 104 cm³/mol. The van der Waals surface area contributed by atoms with Crippen LogP contribution in [-0.2, 0) is 19.2 Å². The van der Waals surface area contributed by atoms with Crippen molar-refractivity contribution in [1.29, 1.82) is 0 Å². The Morgan fingerprint density at radius 3 is 1.53 bits per heavy atom. The van der Waals surface area contributed by atoms with Crippen LogP contribution in [0.1, 0.15) is 5.56 Å². The molecule has 152 valence electrons. The van der Waals surface area contributed by atoms with Crippen molar-refractivity contribution in [2.75, 3.05) is 0 Å². The molecule has 8 nitrogen and oxygen atoms in total. The van der Waals surface area contributed by atoms with E-state index in [9.17, 15) is 39.6 Å². The molecule has 0 fully saturated rings. The van der Waals surface area contributed by atoms with Crippen LogP contribution in [-0.4, -0.2) is 44.3 Å². The molecule has 0 atom stereocenters. The number of carboxylic acid groups (broad SMARTS) is 4. The summed E-state index contributed by atoms with van der Waals surface area (Å²) in [4.78, 5) is 48.4. The van der Waals surface area contributed by atoms with Crippen molar-refractivity contribution >= 4 is 29.5 Å². The highest BCUT2D eigenvalue weighted by atomic mass is 16.4. The van der Waals surface area contributed by atoms with Gasteiger partial charge in [-0.2, -0.15) is 0 Å². The smallest absolute Gasteiger partial charge is 0.327 e. The van der Waals surface area contributed by atoms with E-state index in [0.717, 1.165) is 23.3 Å². The van der Waals surface area contributed by atoms with Gasteiger partial charge in [0.05, 0.1) is 0 Å². The Labute approximate surface area is 170 Å². The van der Waals surface area contributed by atoms with Crippen molar-refractivity contribution < 1.29 is 39.6 Å². The summed E-state index contributed by atoms with van der Waals surface area (Å²) in [5, 5.41) is 39.1. The third-order valence-corrected chi connectivity index (χ3v) is 5.22. The maximum Gasteiger partial charge on any atom is 0.327 e. The second kappa shape index (κ2) is 7.32. The zero-order valence-corrected chi connectivity index (χ0v) is 15.4. The van der Waals surface area contributed by atoms with E-state index < -0.39 is 40.3 Å². The van der Waals surface area contributed by atoms with Crippen LogP contribution in [0.2, 0.25) is 0 Å². The number of allylic oxidation sites excluding steroid dienone is 2. The quantitative estimate of drug-likeness (QED) is 0.533. The molecule has 0 saturated carbocycles. The van der Waals surface area contributed by atoms with Crippen LogP contribution >= 0.6 is 0 Å². The Balaban J connectivity index is 2.25. The lowest BCUT2D eigenvalue weighted by atomic mass is 9.56. The molecular weight excluding hydrogens is 392 g/mol. The Bertz CT molecular complexity index is 1070. The van der Waals surface area contributed by atoms with Crippen LogP contribution in [0.4, 0.5) is 0 Å². The molecule has 0 radical (unpaired) electrons. The first-order valence-corrected chi connectivity index (χ1v) is 8.69.